The molecule has 1 aromatic rings. The molecule has 3 rings (SSSR count). The number of carbonyl (C=O) groups is 3. The van der Waals surface area contributed by atoms with Crippen LogP contribution in [-0.4, -0.2) is 45.2 Å². The Hall–Kier alpha value is -2.19. The lowest BCUT2D eigenvalue weighted by Crippen LogP contribution is -2.41. The van der Waals surface area contributed by atoms with E-state index in [1.807, 2.05) is 6.07 Å². The molecule has 0 spiro atoms. The predicted molar refractivity (Wildman–Crippen MR) is 90.9 cm³/mol. The third kappa shape index (κ3) is 2.25. The lowest BCUT2D eigenvalue weighted by Gasteiger charge is -2.18. The highest BCUT2D eigenvalue weighted by atomic mass is 32.2. The zero-order valence-corrected chi connectivity index (χ0v) is 13.9. The monoisotopic (exact) mass is 348 g/mol. The van der Waals surface area contributed by atoms with Gasteiger partial charge >= 0.3 is 5.97 Å². The van der Waals surface area contributed by atoms with E-state index in [2.05, 4.69) is 0 Å². The summed E-state index contributed by atoms with van der Waals surface area (Å²) in [7, 11) is 1.63. The van der Waals surface area contributed by atoms with Gasteiger partial charge in [-0.25, -0.2) is 4.79 Å². The molecule has 8 heteroatoms. The normalized spacial score (nSPS) is 21.9. The van der Waals surface area contributed by atoms with E-state index in [4.69, 9.17) is 17.3 Å². The van der Waals surface area contributed by atoms with Gasteiger partial charge in [-0.3, -0.25) is 14.5 Å². The summed E-state index contributed by atoms with van der Waals surface area (Å²) in [5.74, 6) is -1.99. The van der Waals surface area contributed by atoms with Crippen LogP contribution in [0.25, 0.3) is 5.57 Å². The van der Waals surface area contributed by atoms with Crippen LogP contribution >= 0.6 is 24.0 Å². The quantitative estimate of drug-likeness (QED) is 0.648. The van der Waals surface area contributed by atoms with Crippen molar-refractivity contribution in [2.45, 2.75) is 13.0 Å². The van der Waals surface area contributed by atoms with Gasteiger partial charge in [-0.1, -0.05) is 42.2 Å². The summed E-state index contributed by atoms with van der Waals surface area (Å²) >= 11 is 6.11. The van der Waals surface area contributed by atoms with Crippen LogP contribution in [0.2, 0.25) is 0 Å². The first kappa shape index (κ1) is 15.7. The summed E-state index contributed by atoms with van der Waals surface area (Å²) in [5.41, 5.74) is 1.65. The van der Waals surface area contributed by atoms with Crippen LogP contribution < -0.4 is 4.90 Å². The van der Waals surface area contributed by atoms with E-state index < -0.39 is 17.9 Å². The van der Waals surface area contributed by atoms with Crippen LogP contribution in [0.4, 0.5) is 5.69 Å². The summed E-state index contributed by atoms with van der Waals surface area (Å²) in [6.45, 7) is 1.39. The largest absolute Gasteiger partial charge is 0.480 e. The van der Waals surface area contributed by atoms with Crippen LogP contribution in [0.3, 0.4) is 0 Å². The number of rotatable bonds is 2. The number of carboxylic acid groups (broad SMARTS) is 1. The molecule has 0 saturated carbocycles. The molecule has 2 aliphatic rings. The van der Waals surface area contributed by atoms with Crippen LogP contribution in [0.15, 0.2) is 29.2 Å². The Labute approximate surface area is 141 Å². The zero-order chi connectivity index (χ0) is 16.9. The highest BCUT2D eigenvalue weighted by Crippen LogP contribution is 2.44. The van der Waals surface area contributed by atoms with E-state index >= 15 is 0 Å². The second-order valence-corrected chi connectivity index (χ2v) is 6.79. The molecule has 1 atom stereocenters. The molecule has 2 amide bonds. The van der Waals surface area contributed by atoms with E-state index in [1.54, 1.807) is 25.2 Å². The Kier molecular flexibility index (Phi) is 3.73. The van der Waals surface area contributed by atoms with E-state index in [0.717, 1.165) is 16.7 Å². The lowest BCUT2D eigenvalue weighted by atomic mass is 10.1. The fourth-order valence-electron chi connectivity index (χ4n) is 2.56. The fraction of sp³-hybridized carbons (Fsp3) is 0.200. The highest BCUT2D eigenvalue weighted by Gasteiger charge is 2.43. The average molecular weight is 348 g/mol. The minimum atomic E-state index is -1.15. The summed E-state index contributed by atoms with van der Waals surface area (Å²) in [4.78, 5) is 39.0. The van der Waals surface area contributed by atoms with Crippen molar-refractivity contribution in [3.63, 3.8) is 0 Å². The van der Waals surface area contributed by atoms with Crippen molar-refractivity contribution < 1.29 is 19.5 Å². The number of para-hydroxylation sites is 1. The third-order valence-corrected chi connectivity index (χ3v) is 5.22. The molecule has 2 aliphatic heterocycles. The molecule has 0 aliphatic carbocycles. The zero-order valence-electron chi connectivity index (χ0n) is 12.3. The van der Waals surface area contributed by atoms with Gasteiger partial charge in [-0.15, -0.1) is 0 Å². The van der Waals surface area contributed by atoms with E-state index in [-0.39, 0.29) is 20.7 Å². The molecular weight excluding hydrogens is 336 g/mol. The van der Waals surface area contributed by atoms with Gasteiger partial charge in [0.05, 0.1) is 16.2 Å². The summed E-state index contributed by atoms with van der Waals surface area (Å²) in [6, 6.07) is 6.07. The molecule has 1 fully saturated rings. The Morgan fingerprint density at radius 2 is 1.91 bits per heavy atom. The molecule has 0 aromatic heterocycles. The van der Waals surface area contributed by atoms with Crippen molar-refractivity contribution >= 4 is 57.3 Å². The number of likely N-dealkylation sites (N-methyl/N-ethyl adjacent to an activating group) is 1. The van der Waals surface area contributed by atoms with Gasteiger partial charge in [-0.05, 0) is 13.0 Å². The van der Waals surface area contributed by atoms with Gasteiger partial charge in [0.25, 0.3) is 11.8 Å². The van der Waals surface area contributed by atoms with Gasteiger partial charge in [0.2, 0.25) is 0 Å². The standard InChI is InChI=1S/C15H12N2O4S2/c1-7(14(20)21)17-13(19)11(23-15(17)22)10-8-5-3-4-6-9(8)16(2)12(10)18/h3-7H,1-2H3,(H,20,21)/b11-10-. The number of fused-ring (bicyclic) bond motifs is 1. The van der Waals surface area contributed by atoms with Crippen molar-refractivity contribution in [3.8, 4) is 0 Å². The second-order valence-electron chi connectivity index (χ2n) is 5.14. The predicted octanol–water partition coefficient (Wildman–Crippen LogP) is 1.71. The van der Waals surface area contributed by atoms with Gasteiger partial charge in [-0.2, -0.15) is 0 Å². The molecule has 0 radical (unpaired) electrons. The van der Waals surface area contributed by atoms with Gasteiger partial charge < -0.3 is 10.0 Å². The average Bonchev–Trinajstić information content (AvgIpc) is 2.94. The summed E-state index contributed by atoms with van der Waals surface area (Å²) in [5, 5.41) is 9.13. The second kappa shape index (κ2) is 5.47. The van der Waals surface area contributed by atoms with Crippen molar-refractivity contribution in [3.05, 3.63) is 34.7 Å². The minimum Gasteiger partial charge on any atom is -0.480 e. The molecule has 1 unspecified atom stereocenters. The maximum Gasteiger partial charge on any atom is 0.326 e. The first-order valence-corrected chi connectivity index (χ1v) is 7.97. The number of hydrogen-bond donors (Lipinski definition) is 1. The molecule has 23 heavy (non-hydrogen) atoms. The molecule has 0 bridgehead atoms. The Balaban J connectivity index is 2.14. The van der Waals surface area contributed by atoms with E-state index in [9.17, 15) is 14.4 Å². The Morgan fingerprint density at radius 1 is 1.26 bits per heavy atom. The van der Waals surface area contributed by atoms with Gasteiger partial charge in [0.15, 0.2) is 0 Å². The molecule has 118 valence electrons. The molecule has 1 saturated heterocycles. The topological polar surface area (TPSA) is 77.9 Å². The number of amides is 2. The fourth-order valence-corrected chi connectivity index (χ4v) is 4.05. The SMILES string of the molecule is CC(C(=O)O)N1C(=O)/C(=C2/C(=O)N(C)c3ccccc32)SC1=S. The smallest absolute Gasteiger partial charge is 0.326 e. The van der Waals surface area contributed by atoms with E-state index in [1.165, 1.54) is 11.8 Å². The van der Waals surface area contributed by atoms with Crippen molar-refractivity contribution in [2.75, 3.05) is 11.9 Å². The number of anilines is 1. The number of hydrogen-bond acceptors (Lipinski definition) is 5. The van der Waals surface area contributed by atoms with Crippen LogP contribution in [-0.2, 0) is 14.4 Å². The summed E-state index contributed by atoms with van der Waals surface area (Å²) in [6.07, 6.45) is 0. The van der Waals surface area contributed by atoms with Crippen LogP contribution in [0.1, 0.15) is 12.5 Å². The number of thiocarbonyl (C=S) groups is 1. The first-order valence-electron chi connectivity index (χ1n) is 6.74. The van der Waals surface area contributed by atoms with Gasteiger partial charge in [0, 0.05) is 12.6 Å². The number of thioether (sulfide) groups is 1. The lowest BCUT2D eigenvalue weighted by molar-refractivity contribution is -0.144. The maximum absolute atomic E-state index is 12.6. The number of aliphatic carboxylic acids is 1. The van der Waals surface area contributed by atoms with E-state index in [0.29, 0.717) is 11.3 Å². The third-order valence-electron chi connectivity index (χ3n) is 3.82. The maximum atomic E-state index is 12.6. The minimum absolute atomic E-state index is 0.146. The highest BCUT2D eigenvalue weighted by molar-refractivity contribution is 8.26. The van der Waals surface area contributed by atoms with Crippen LogP contribution in [0.5, 0.6) is 0 Å². The molecular formula is C15H12N2O4S2. The van der Waals surface area contributed by atoms with Crippen molar-refractivity contribution in [2.24, 2.45) is 0 Å². The number of carboxylic acids is 1. The van der Waals surface area contributed by atoms with Crippen LogP contribution in [0, 0.1) is 0 Å². The molecule has 1 aromatic carbocycles. The Bertz CT molecular complexity index is 802. The van der Waals surface area contributed by atoms with Crippen molar-refractivity contribution in [1.29, 1.82) is 0 Å². The molecule has 6 nitrogen and oxygen atoms in total. The van der Waals surface area contributed by atoms with Crippen molar-refractivity contribution in [1.82, 2.24) is 4.90 Å². The van der Waals surface area contributed by atoms with Gasteiger partial charge in [0.1, 0.15) is 10.4 Å². The first-order chi connectivity index (χ1) is 10.8. The Morgan fingerprint density at radius 3 is 2.57 bits per heavy atom. The number of benzene rings is 1. The number of nitrogens with zero attached hydrogens (tertiary/aromatic N) is 2. The molecule has 2 heterocycles. The summed E-state index contributed by atoms with van der Waals surface area (Å²) < 4.78 is 0.146. The molecule has 1 N–H and O–H groups in total. The number of carbonyl (C=O) groups excluding carboxylic acids is 2.